The first kappa shape index (κ1) is 14.5. The van der Waals surface area contributed by atoms with Crippen LogP contribution in [0.4, 0.5) is 0 Å². The van der Waals surface area contributed by atoms with Crippen LogP contribution in [-0.4, -0.2) is 19.4 Å². The minimum absolute atomic E-state index is 0.0371. The van der Waals surface area contributed by atoms with E-state index in [1.54, 1.807) is 30.3 Å². The highest BCUT2D eigenvalue weighted by atomic mass is 32.2. The molecule has 0 unspecified atom stereocenters. The van der Waals surface area contributed by atoms with Crippen molar-refractivity contribution >= 4 is 15.8 Å². The van der Waals surface area contributed by atoms with E-state index in [-0.39, 0.29) is 5.71 Å². The van der Waals surface area contributed by atoms with Gasteiger partial charge in [0, 0.05) is 5.56 Å². The van der Waals surface area contributed by atoms with E-state index in [1.165, 1.54) is 0 Å². The van der Waals surface area contributed by atoms with E-state index < -0.39 is 15.4 Å². The molecule has 0 aromatic heterocycles. The van der Waals surface area contributed by atoms with Crippen molar-refractivity contribution in [1.29, 1.82) is 5.26 Å². The van der Waals surface area contributed by atoms with E-state index in [1.807, 2.05) is 6.07 Å². The summed E-state index contributed by atoms with van der Waals surface area (Å²) in [6, 6.07) is 10.5. The Hall–Kier alpha value is -1.87. The van der Waals surface area contributed by atoms with Crippen molar-refractivity contribution in [3.05, 3.63) is 35.9 Å². The molecule has 0 aliphatic heterocycles. The summed E-state index contributed by atoms with van der Waals surface area (Å²) in [6.45, 7) is 0. The molecular formula is C14H16N2O3S. The number of hydrogen-bond acceptors (Lipinski definition) is 5. The normalized spacial score (nSPS) is 17.4. The van der Waals surface area contributed by atoms with Gasteiger partial charge in [0.1, 0.15) is 6.07 Å². The Morgan fingerprint density at radius 1 is 1.20 bits per heavy atom. The summed E-state index contributed by atoms with van der Waals surface area (Å²) in [5, 5.41) is 12.1. The summed E-state index contributed by atoms with van der Waals surface area (Å²) >= 11 is 0. The molecule has 1 aromatic rings. The third-order valence-corrected chi connectivity index (χ3v) is 4.92. The molecule has 0 spiro atoms. The van der Waals surface area contributed by atoms with Crippen molar-refractivity contribution in [2.24, 2.45) is 5.16 Å². The number of benzene rings is 1. The lowest BCUT2D eigenvalue weighted by molar-refractivity contribution is 0.321. The van der Waals surface area contributed by atoms with E-state index in [9.17, 15) is 8.42 Å². The average molecular weight is 292 g/mol. The van der Waals surface area contributed by atoms with Crippen molar-refractivity contribution in [2.75, 3.05) is 0 Å². The van der Waals surface area contributed by atoms with E-state index in [4.69, 9.17) is 9.55 Å². The summed E-state index contributed by atoms with van der Waals surface area (Å²) < 4.78 is 28.7. The van der Waals surface area contributed by atoms with Crippen LogP contribution in [-0.2, 0) is 14.4 Å². The Kier molecular flexibility index (Phi) is 4.74. The van der Waals surface area contributed by atoms with Crippen LogP contribution in [0.15, 0.2) is 35.5 Å². The summed E-state index contributed by atoms with van der Waals surface area (Å²) in [7, 11) is -3.74. The molecule has 0 saturated heterocycles. The Morgan fingerprint density at radius 2 is 1.85 bits per heavy atom. The molecule has 6 heteroatoms. The minimum atomic E-state index is -3.74. The molecule has 106 valence electrons. The van der Waals surface area contributed by atoms with E-state index in [0.717, 1.165) is 19.3 Å². The summed E-state index contributed by atoms with van der Waals surface area (Å²) in [4.78, 5) is 0. The van der Waals surface area contributed by atoms with Crippen molar-refractivity contribution in [1.82, 2.24) is 0 Å². The van der Waals surface area contributed by atoms with Crippen LogP contribution in [0, 0.1) is 11.3 Å². The zero-order valence-corrected chi connectivity index (χ0v) is 11.8. The van der Waals surface area contributed by atoms with Crippen LogP contribution >= 0.6 is 0 Å². The molecule has 0 amide bonds. The van der Waals surface area contributed by atoms with Gasteiger partial charge in [0.25, 0.3) is 0 Å². The predicted molar refractivity (Wildman–Crippen MR) is 75.5 cm³/mol. The highest BCUT2D eigenvalue weighted by Crippen LogP contribution is 2.24. The standard InChI is InChI=1S/C14H16N2O3S/c15-11-14(12-7-3-1-4-8-12)16-19-20(17,18)13-9-5-2-6-10-13/h1,3-4,7-8,13H,2,5-6,9-10H2/b16-14+. The van der Waals surface area contributed by atoms with Gasteiger partial charge in [-0.25, -0.2) is 0 Å². The number of nitrogens with zero attached hydrogens (tertiary/aromatic N) is 2. The van der Waals surface area contributed by atoms with Gasteiger partial charge < -0.3 is 0 Å². The Bertz CT molecular complexity index is 612. The second kappa shape index (κ2) is 6.53. The molecule has 1 saturated carbocycles. The van der Waals surface area contributed by atoms with Crippen molar-refractivity contribution in [2.45, 2.75) is 37.4 Å². The molecule has 0 N–H and O–H groups in total. The molecular weight excluding hydrogens is 276 g/mol. The molecule has 1 fully saturated rings. The van der Waals surface area contributed by atoms with Crippen molar-refractivity contribution in [3.8, 4) is 6.07 Å². The van der Waals surface area contributed by atoms with E-state index in [2.05, 4.69) is 5.16 Å². The highest BCUT2D eigenvalue weighted by molar-refractivity contribution is 7.87. The van der Waals surface area contributed by atoms with Crippen LogP contribution in [0.1, 0.15) is 37.7 Å². The number of hydrogen-bond donors (Lipinski definition) is 0. The van der Waals surface area contributed by atoms with Gasteiger partial charge in [-0.2, -0.15) is 13.7 Å². The Morgan fingerprint density at radius 3 is 2.45 bits per heavy atom. The molecule has 20 heavy (non-hydrogen) atoms. The van der Waals surface area contributed by atoms with Crippen molar-refractivity contribution in [3.63, 3.8) is 0 Å². The predicted octanol–water partition coefficient (Wildman–Crippen LogP) is 2.59. The van der Waals surface area contributed by atoms with Crippen LogP contribution in [0.5, 0.6) is 0 Å². The topological polar surface area (TPSA) is 79.5 Å². The lowest BCUT2D eigenvalue weighted by Gasteiger charge is -2.19. The molecule has 5 nitrogen and oxygen atoms in total. The Balaban J connectivity index is 2.12. The third kappa shape index (κ3) is 3.58. The monoisotopic (exact) mass is 292 g/mol. The maximum Gasteiger partial charge on any atom is 0.331 e. The van der Waals surface area contributed by atoms with Crippen LogP contribution < -0.4 is 0 Å². The summed E-state index contributed by atoms with van der Waals surface area (Å²) in [5.74, 6) is 0. The summed E-state index contributed by atoms with van der Waals surface area (Å²) in [5.41, 5.74) is 0.499. The van der Waals surface area contributed by atoms with Gasteiger partial charge in [-0.3, -0.25) is 4.28 Å². The molecule has 1 aromatic carbocycles. The van der Waals surface area contributed by atoms with E-state index in [0.29, 0.717) is 18.4 Å². The van der Waals surface area contributed by atoms with Crippen LogP contribution in [0.3, 0.4) is 0 Å². The molecule has 0 bridgehead atoms. The molecule has 1 aliphatic rings. The Labute approximate surface area is 119 Å². The van der Waals surface area contributed by atoms with Gasteiger partial charge in [-0.15, -0.1) is 0 Å². The zero-order chi connectivity index (χ0) is 14.4. The van der Waals surface area contributed by atoms with Gasteiger partial charge in [0.2, 0.25) is 0 Å². The molecule has 2 rings (SSSR count). The largest absolute Gasteiger partial charge is 0.331 e. The fourth-order valence-electron chi connectivity index (χ4n) is 2.24. The van der Waals surface area contributed by atoms with Gasteiger partial charge >= 0.3 is 10.1 Å². The lowest BCUT2D eigenvalue weighted by atomic mass is 10.0. The van der Waals surface area contributed by atoms with Gasteiger partial charge in [0.15, 0.2) is 5.71 Å². The van der Waals surface area contributed by atoms with Gasteiger partial charge in [0.05, 0.1) is 5.25 Å². The molecule has 0 atom stereocenters. The van der Waals surface area contributed by atoms with Gasteiger partial charge in [-0.05, 0) is 12.8 Å². The fourth-order valence-corrected chi connectivity index (χ4v) is 3.45. The molecule has 1 aliphatic carbocycles. The smallest absolute Gasteiger partial charge is 0.267 e. The minimum Gasteiger partial charge on any atom is -0.267 e. The molecule has 0 heterocycles. The summed E-state index contributed by atoms with van der Waals surface area (Å²) in [6.07, 6.45) is 4.04. The number of rotatable bonds is 4. The van der Waals surface area contributed by atoms with Gasteiger partial charge in [-0.1, -0.05) is 54.8 Å². The maximum absolute atomic E-state index is 12.0. The van der Waals surface area contributed by atoms with Crippen LogP contribution in [0.25, 0.3) is 0 Å². The second-order valence-corrected chi connectivity index (χ2v) is 6.55. The zero-order valence-electron chi connectivity index (χ0n) is 11.0. The maximum atomic E-state index is 12.0. The van der Waals surface area contributed by atoms with E-state index >= 15 is 0 Å². The fraction of sp³-hybridized carbons (Fsp3) is 0.429. The number of oxime groups is 1. The second-order valence-electron chi connectivity index (χ2n) is 4.75. The first-order chi connectivity index (χ1) is 9.63. The first-order valence-corrected chi connectivity index (χ1v) is 8.06. The lowest BCUT2D eigenvalue weighted by Crippen LogP contribution is -2.25. The average Bonchev–Trinajstić information content (AvgIpc) is 2.50. The quantitative estimate of drug-likeness (QED) is 0.631. The first-order valence-electron chi connectivity index (χ1n) is 6.59. The molecule has 0 radical (unpaired) electrons. The SMILES string of the molecule is N#C/C(=N\OS(=O)(=O)C1CCCCC1)c1ccccc1. The highest BCUT2D eigenvalue weighted by Gasteiger charge is 2.29. The van der Waals surface area contributed by atoms with Crippen LogP contribution in [0.2, 0.25) is 0 Å². The number of nitriles is 1. The van der Waals surface area contributed by atoms with Crippen molar-refractivity contribution < 1.29 is 12.7 Å². The third-order valence-electron chi connectivity index (χ3n) is 3.35.